The molecule has 6 nitrogen and oxygen atoms in total. The zero-order valence-corrected chi connectivity index (χ0v) is 17.6. The lowest BCUT2D eigenvalue weighted by atomic mass is 10.2. The summed E-state index contributed by atoms with van der Waals surface area (Å²) < 4.78 is 57.9. The zero-order valence-electron chi connectivity index (χ0n) is 17.6. The van der Waals surface area contributed by atoms with E-state index in [-0.39, 0.29) is 11.6 Å². The molecular formula is C22H21F4N5O. The zero-order chi connectivity index (χ0) is 23.3. The molecule has 0 saturated carbocycles. The van der Waals surface area contributed by atoms with Gasteiger partial charge in [0.25, 0.3) is 0 Å². The van der Waals surface area contributed by atoms with Gasteiger partial charge in [-0.3, -0.25) is 0 Å². The van der Waals surface area contributed by atoms with Gasteiger partial charge in [0.2, 0.25) is 5.95 Å². The van der Waals surface area contributed by atoms with Crippen molar-refractivity contribution >= 4 is 34.7 Å². The number of hydrogen-bond donors (Lipinski definition) is 2. The van der Waals surface area contributed by atoms with E-state index in [0.29, 0.717) is 35.4 Å². The summed E-state index contributed by atoms with van der Waals surface area (Å²) in [6.07, 6.45) is -4.42. The Hall–Kier alpha value is -3.69. The number of anilines is 4. The van der Waals surface area contributed by atoms with Crippen molar-refractivity contribution in [2.75, 3.05) is 17.2 Å². The van der Waals surface area contributed by atoms with Crippen molar-refractivity contribution in [2.24, 2.45) is 4.99 Å². The van der Waals surface area contributed by atoms with Gasteiger partial charge in [0.1, 0.15) is 11.5 Å². The normalized spacial score (nSPS) is 11.9. The van der Waals surface area contributed by atoms with Gasteiger partial charge in [-0.05, 0) is 50.2 Å². The molecule has 0 spiro atoms. The number of aromatic nitrogens is 2. The van der Waals surface area contributed by atoms with Crippen LogP contribution in [-0.4, -0.2) is 22.5 Å². The van der Waals surface area contributed by atoms with Crippen molar-refractivity contribution in [1.29, 1.82) is 0 Å². The summed E-state index contributed by atoms with van der Waals surface area (Å²) in [6, 6.07) is 10.6. The summed E-state index contributed by atoms with van der Waals surface area (Å²) in [7, 11) is 0. The van der Waals surface area contributed by atoms with Crippen LogP contribution >= 0.6 is 0 Å². The summed E-state index contributed by atoms with van der Waals surface area (Å²) in [5.74, 6) is 0.286. The van der Waals surface area contributed by atoms with Gasteiger partial charge in [-0.2, -0.15) is 18.2 Å². The predicted molar refractivity (Wildman–Crippen MR) is 116 cm³/mol. The highest BCUT2D eigenvalue weighted by Crippen LogP contribution is 2.32. The summed E-state index contributed by atoms with van der Waals surface area (Å²) in [5.41, 5.74) is 0.647. The van der Waals surface area contributed by atoms with E-state index in [0.717, 1.165) is 12.1 Å². The number of aryl methyl sites for hydroxylation is 1. The Balaban J connectivity index is 1.86. The van der Waals surface area contributed by atoms with Gasteiger partial charge in [-0.1, -0.05) is 6.07 Å². The van der Waals surface area contributed by atoms with E-state index in [1.165, 1.54) is 24.3 Å². The van der Waals surface area contributed by atoms with Gasteiger partial charge in [0.05, 0.1) is 17.9 Å². The van der Waals surface area contributed by atoms with Crippen LogP contribution in [0.2, 0.25) is 0 Å². The number of rotatable bonds is 6. The number of para-hydroxylation sites is 1. The van der Waals surface area contributed by atoms with Crippen LogP contribution in [0.25, 0.3) is 0 Å². The van der Waals surface area contributed by atoms with Gasteiger partial charge in [-0.25, -0.2) is 14.4 Å². The minimum absolute atomic E-state index is 0.0620. The van der Waals surface area contributed by atoms with Crippen molar-refractivity contribution in [3.05, 3.63) is 65.6 Å². The molecule has 0 atom stereocenters. The van der Waals surface area contributed by atoms with Crippen LogP contribution in [0.3, 0.4) is 0 Å². The lowest BCUT2D eigenvalue weighted by molar-refractivity contribution is -0.137. The Labute approximate surface area is 182 Å². The summed E-state index contributed by atoms with van der Waals surface area (Å²) in [5, 5.41) is 5.89. The molecular weight excluding hydrogens is 426 g/mol. The lowest BCUT2D eigenvalue weighted by Gasteiger charge is -2.13. The Morgan fingerprint density at radius 3 is 2.44 bits per heavy atom. The van der Waals surface area contributed by atoms with Crippen LogP contribution in [-0.2, 0) is 10.9 Å². The average Bonchev–Trinajstić information content (AvgIpc) is 2.70. The van der Waals surface area contributed by atoms with Crippen molar-refractivity contribution in [1.82, 2.24) is 9.97 Å². The van der Waals surface area contributed by atoms with Crippen LogP contribution in [0, 0.1) is 12.7 Å². The quantitative estimate of drug-likeness (QED) is 0.256. The molecule has 0 aliphatic carbocycles. The highest BCUT2D eigenvalue weighted by Gasteiger charge is 2.29. The second kappa shape index (κ2) is 9.63. The Bertz CT molecular complexity index is 1110. The number of ether oxygens (including phenoxy) is 1. The monoisotopic (exact) mass is 447 g/mol. The van der Waals surface area contributed by atoms with Crippen LogP contribution in [0.5, 0.6) is 0 Å². The molecule has 10 heteroatoms. The molecule has 0 aliphatic rings. The smallest absolute Gasteiger partial charge is 0.416 e. The maximum atomic E-state index is 14.4. The van der Waals surface area contributed by atoms with Crippen molar-refractivity contribution in [3.63, 3.8) is 0 Å². The van der Waals surface area contributed by atoms with Crippen molar-refractivity contribution in [2.45, 2.75) is 26.9 Å². The van der Waals surface area contributed by atoms with E-state index in [9.17, 15) is 17.6 Å². The first-order valence-electron chi connectivity index (χ1n) is 9.69. The molecule has 2 N–H and O–H groups in total. The lowest BCUT2D eigenvalue weighted by Crippen LogP contribution is -2.05. The van der Waals surface area contributed by atoms with Crippen molar-refractivity contribution < 1.29 is 22.3 Å². The number of halogens is 4. The van der Waals surface area contributed by atoms with E-state index in [1.54, 1.807) is 32.9 Å². The molecule has 0 radical (unpaired) electrons. The Morgan fingerprint density at radius 1 is 1.06 bits per heavy atom. The molecule has 0 amide bonds. The molecule has 3 rings (SSSR count). The number of hydrogen-bond acceptors (Lipinski definition) is 6. The number of aliphatic imine (C=N–C) groups is 1. The molecule has 0 saturated heterocycles. The topological polar surface area (TPSA) is 71.4 Å². The number of alkyl halides is 3. The van der Waals surface area contributed by atoms with E-state index in [1.807, 2.05) is 0 Å². The molecule has 0 bridgehead atoms. The highest BCUT2D eigenvalue weighted by molar-refractivity contribution is 5.82. The van der Waals surface area contributed by atoms with Crippen LogP contribution in [0.15, 0.2) is 53.5 Å². The van der Waals surface area contributed by atoms with Crippen LogP contribution < -0.4 is 10.6 Å². The number of nitrogens with zero attached hydrogens (tertiary/aromatic N) is 3. The predicted octanol–water partition coefficient (Wildman–Crippen LogP) is 6.52. The summed E-state index contributed by atoms with van der Waals surface area (Å²) in [4.78, 5) is 12.8. The maximum Gasteiger partial charge on any atom is 0.416 e. The molecule has 0 aliphatic heterocycles. The van der Waals surface area contributed by atoms with Gasteiger partial charge in [0, 0.05) is 24.4 Å². The van der Waals surface area contributed by atoms with Crippen molar-refractivity contribution in [3.8, 4) is 0 Å². The first-order chi connectivity index (χ1) is 15.2. The van der Waals surface area contributed by atoms with E-state index >= 15 is 0 Å². The van der Waals surface area contributed by atoms with Gasteiger partial charge in [0.15, 0.2) is 11.7 Å². The first kappa shape index (κ1) is 23.0. The van der Waals surface area contributed by atoms with E-state index in [4.69, 9.17) is 4.74 Å². The van der Waals surface area contributed by atoms with Gasteiger partial charge < -0.3 is 15.4 Å². The third-order valence-electron chi connectivity index (χ3n) is 4.19. The molecule has 3 aromatic rings. The largest absolute Gasteiger partial charge is 0.481 e. The SMILES string of the molecule is CCOC(C)=Nc1c(F)cccc1Nc1cc(C)nc(Nc2ccc(C(F)(F)F)cc2)n1. The molecule has 0 fully saturated rings. The fraction of sp³-hybridized carbons (Fsp3) is 0.227. The van der Waals surface area contributed by atoms with E-state index < -0.39 is 17.6 Å². The second-order valence-electron chi connectivity index (χ2n) is 6.74. The Kier molecular flexibility index (Phi) is 6.92. The minimum atomic E-state index is -4.42. The first-order valence-corrected chi connectivity index (χ1v) is 9.69. The third-order valence-corrected chi connectivity index (χ3v) is 4.19. The van der Waals surface area contributed by atoms with Crippen LogP contribution in [0.4, 0.5) is 46.4 Å². The molecule has 32 heavy (non-hydrogen) atoms. The summed E-state index contributed by atoms with van der Waals surface area (Å²) >= 11 is 0. The standard InChI is InChI=1S/C22H21F4N5O/c1-4-32-14(3)28-20-17(23)6-5-7-18(20)30-19-12-13(2)27-21(31-19)29-16-10-8-15(9-11-16)22(24,25)26/h5-12H,4H2,1-3H3,(H2,27,29,30,31). The molecule has 1 aromatic heterocycles. The highest BCUT2D eigenvalue weighted by atomic mass is 19.4. The van der Waals surface area contributed by atoms with Gasteiger partial charge >= 0.3 is 6.18 Å². The molecule has 2 aromatic carbocycles. The maximum absolute atomic E-state index is 14.4. The van der Waals surface area contributed by atoms with Crippen LogP contribution in [0.1, 0.15) is 25.1 Å². The van der Waals surface area contributed by atoms with E-state index in [2.05, 4.69) is 25.6 Å². The Morgan fingerprint density at radius 2 is 1.78 bits per heavy atom. The molecule has 1 heterocycles. The fourth-order valence-corrected chi connectivity index (χ4v) is 2.83. The number of benzene rings is 2. The van der Waals surface area contributed by atoms with Gasteiger partial charge in [-0.15, -0.1) is 0 Å². The fourth-order valence-electron chi connectivity index (χ4n) is 2.83. The summed E-state index contributed by atoms with van der Waals surface area (Å²) in [6.45, 7) is 5.56. The third kappa shape index (κ3) is 5.93. The minimum Gasteiger partial charge on any atom is -0.481 e. The second-order valence-corrected chi connectivity index (χ2v) is 6.74. The number of nitrogens with one attached hydrogen (secondary N) is 2. The molecule has 168 valence electrons. The molecule has 0 unspecified atom stereocenters. The average molecular weight is 447 g/mol.